The molecule has 208 valence electrons. The third-order valence-electron chi connectivity index (χ3n) is 7.27. The zero-order chi connectivity index (χ0) is 29.3. The van der Waals surface area contributed by atoms with Gasteiger partial charge in [-0.15, -0.1) is 0 Å². The molecule has 0 spiro atoms. The van der Waals surface area contributed by atoms with Crippen LogP contribution in [0.4, 0.5) is 13.2 Å². The molecule has 2 heterocycles. The highest BCUT2D eigenvalue weighted by molar-refractivity contribution is 6.09. The molecular weight excluding hydrogens is 531 g/mol. The molecule has 0 saturated carbocycles. The number of nitrogens with zero attached hydrogens (tertiary/aromatic N) is 4. The number of benzene rings is 3. The van der Waals surface area contributed by atoms with Crippen molar-refractivity contribution in [3.63, 3.8) is 0 Å². The lowest BCUT2D eigenvalue weighted by atomic mass is 9.82. The van der Waals surface area contributed by atoms with Gasteiger partial charge in [0.25, 0.3) is 11.8 Å². The third-order valence-corrected chi connectivity index (χ3v) is 7.27. The Bertz CT molecular complexity index is 1580. The fraction of sp³-hybridized carbons (Fsp3) is 0.161. The summed E-state index contributed by atoms with van der Waals surface area (Å²) < 4.78 is 40.9. The fourth-order valence-corrected chi connectivity index (χ4v) is 4.88. The Morgan fingerprint density at radius 3 is 1.95 bits per heavy atom. The molecule has 10 heteroatoms. The van der Waals surface area contributed by atoms with Crippen molar-refractivity contribution in [1.82, 2.24) is 14.8 Å². The van der Waals surface area contributed by atoms with Crippen molar-refractivity contribution in [2.24, 2.45) is 10.7 Å². The number of rotatable bonds is 7. The van der Waals surface area contributed by atoms with Gasteiger partial charge < -0.3 is 10.6 Å². The smallest absolute Gasteiger partial charge is 0.266 e. The molecule has 7 nitrogen and oxygen atoms in total. The number of guanidine groups is 1. The highest BCUT2D eigenvalue weighted by atomic mass is 19.1. The van der Waals surface area contributed by atoms with Gasteiger partial charge in [0.2, 0.25) is 0 Å². The highest BCUT2D eigenvalue weighted by Crippen LogP contribution is 2.40. The summed E-state index contributed by atoms with van der Waals surface area (Å²) in [6, 6.07) is 17.8. The van der Waals surface area contributed by atoms with E-state index in [2.05, 4.69) is 9.98 Å². The summed E-state index contributed by atoms with van der Waals surface area (Å²) in [6.07, 6.45) is 2.93. The average molecular weight is 558 g/mol. The van der Waals surface area contributed by atoms with Gasteiger partial charge in [-0.1, -0.05) is 36.4 Å². The van der Waals surface area contributed by atoms with Crippen LogP contribution < -0.4 is 5.73 Å². The van der Waals surface area contributed by atoms with E-state index in [1.807, 2.05) is 6.92 Å². The minimum atomic E-state index is -1.66. The first-order valence-electron chi connectivity index (χ1n) is 12.8. The molecule has 1 unspecified atom stereocenters. The Morgan fingerprint density at radius 1 is 0.902 bits per heavy atom. The summed E-state index contributed by atoms with van der Waals surface area (Å²) in [5.41, 5.74) is 6.89. The van der Waals surface area contributed by atoms with Crippen LogP contribution in [0.15, 0.2) is 96.2 Å². The Morgan fingerprint density at radius 2 is 1.41 bits per heavy atom. The molecule has 1 atom stereocenters. The average Bonchev–Trinajstić information content (AvgIpc) is 3.23. The van der Waals surface area contributed by atoms with E-state index in [-0.39, 0.29) is 35.8 Å². The van der Waals surface area contributed by atoms with Crippen LogP contribution in [0.3, 0.4) is 0 Å². The number of pyridine rings is 1. The molecule has 5 rings (SSSR count). The molecule has 0 radical (unpaired) electrons. The van der Waals surface area contributed by atoms with E-state index >= 15 is 0 Å². The van der Waals surface area contributed by atoms with E-state index < -0.39 is 23.1 Å². The predicted molar refractivity (Wildman–Crippen MR) is 147 cm³/mol. The van der Waals surface area contributed by atoms with Crippen LogP contribution in [-0.4, -0.2) is 39.6 Å². The van der Waals surface area contributed by atoms with Crippen LogP contribution in [0.1, 0.15) is 45.6 Å². The molecule has 0 aliphatic carbocycles. The van der Waals surface area contributed by atoms with E-state index in [9.17, 15) is 22.8 Å². The Labute approximate surface area is 234 Å². The van der Waals surface area contributed by atoms with Gasteiger partial charge in [-0.2, -0.15) is 0 Å². The van der Waals surface area contributed by atoms with E-state index in [1.54, 1.807) is 25.2 Å². The van der Waals surface area contributed by atoms with Crippen molar-refractivity contribution < 1.29 is 22.8 Å². The molecule has 1 aliphatic heterocycles. The summed E-state index contributed by atoms with van der Waals surface area (Å²) in [7, 11) is 1.64. The molecule has 2 amide bonds. The maximum Gasteiger partial charge on any atom is 0.266 e. The van der Waals surface area contributed by atoms with Crippen LogP contribution in [0.5, 0.6) is 0 Å². The molecule has 0 saturated heterocycles. The number of hydrogen-bond donors (Lipinski definition) is 1. The molecule has 3 aromatic carbocycles. The summed E-state index contributed by atoms with van der Waals surface area (Å²) in [4.78, 5) is 38.8. The second kappa shape index (κ2) is 10.9. The molecule has 1 aliphatic rings. The summed E-state index contributed by atoms with van der Waals surface area (Å²) in [5, 5.41) is 0. The molecule has 0 bridgehead atoms. The van der Waals surface area contributed by atoms with Crippen molar-refractivity contribution >= 4 is 17.8 Å². The van der Waals surface area contributed by atoms with Crippen LogP contribution in [0.2, 0.25) is 0 Å². The van der Waals surface area contributed by atoms with Crippen LogP contribution in [0, 0.1) is 17.5 Å². The molecule has 0 fully saturated rings. The lowest BCUT2D eigenvalue weighted by Crippen LogP contribution is -2.43. The first kappa shape index (κ1) is 27.6. The van der Waals surface area contributed by atoms with Gasteiger partial charge in [-0.3, -0.25) is 19.5 Å². The zero-order valence-electron chi connectivity index (χ0n) is 22.3. The molecular formula is C31H26F3N5O2. The van der Waals surface area contributed by atoms with Crippen LogP contribution in [0.25, 0.3) is 0 Å². The topological polar surface area (TPSA) is 91.9 Å². The van der Waals surface area contributed by atoms with Crippen molar-refractivity contribution in [3.8, 4) is 0 Å². The second-order valence-corrected chi connectivity index (χ2v) is 9.81. The summed E-state index contributed by atoms with van der Waals surface area (Å²) in [5.74, 6) is -2.29. The summed E-state index contributed by atoms with van der Waals surface area (Å²) >= 11 is 0. The van der Waals surface area contributed by atoms with Crippen molar-refractivity contribution in [1.29, 1.82) is 0 Å². The number of hydrogen-bond acceptors (Lipinski definition) is 5. The van der Waals surface area contributed by atoms with Gasteiger partial charge in [0.15, 0.2) is 11.5 Å². The van der Waals surface area contributed by atoms with E-state index in [4.69, 9.17) is 5.73 Å². The predicted octanol–water partition coefficient (Wildman–Crippen LogP) is 4.93. The standard InChI is InChI=1S/C31H26F3N5O2/c1-19(21-3-9-25(32)10-4-21)38(2)28(40)22-15-20(16-36-17-22)18-39-29(41)31(37-30(39)35,23-5-11-26(33)12-6-23)24-7-13-27(34)14-8-24/h3-17,19H,18H2,1-2H3,(H2,35,37). The zero-order valence-corrected chi connectivity index (χ0v) is 22.3. The maximum absolute atomic E-state index is 14.0. The number of amides is 2. The van der Waals surface area contributed by atoms with Gasteiger partial charge in [0.1, 0.15) is 17.5 Å². The van der Waals surface area contributed by atoms with Gasteiger partial charge in [0, 0.05) is 19.4 Å². The minimum Gasteiger partial charge on any atom is -0.369 e. The second-order valence-electron chi connectivity index (χ2n) is 9.81. The molecule has 1 aromatic heterocycles. The molecule has 4 aromatic rings. The van der Waals surface area contributed by atoms with E-state index in [0.717, 1.165) is 5.56 Å². The maximum atomic E-state index is 14.0. The van der Waals surface area contributed by atoms with E-state index in [0.29, 0.717) is 16.7 Å². The normalized spacial score (nSPS) is 15.0. The highest BCUT2D eigenvalue weighted by Gasteiger charge is 2.50. The lowest BCUT2D eigenvalue weighted by Gasteiger charge is -2.27. The Kier molecular flexibility index (Phi) is 7.32. The van der Waals surface area contributed by atoms with Crippen LogP contribution in [-0.2, 0) is 16.9 Å². The fourth-order valence-electron chi connectivity index (χ4n) is 4.88. The van der Waals surface area contributed by atoms with Crippen molar-refractivity contribution in [3.05, 3.63) is 137 Å². The van der Waals surface area contributed by atoms with Gasteiger partial charge in [-0.05, 0) is 71.6 Å². The molecule has 2 N–H and O–H groups in total. The van der Waals surface area contributed by atoms with Crippen molar-refractivity contribution in [2.75, 3.05) is 7.05 Å². The number of aliphatic imine (C=N–C) groups is 1. The van der Waals surface area contributed by atoms with Gasteiger partial charge in [0.05, 0.1) is 18.2 Å². The van der Waals surface area contributed by atoms with E-state index in [1.165, 1.54) is 82.9 Å². The SMILES string of the molecule is CC(c1ccc(F)cc1)N(C)C(=O)c1cncc(CN2C(=O)C(c3ccc(F)cc3)(c3ccc(F)cc3)N=C2N)c1. The largest absolute Gasteiger partial charge is 0.369 e. The van der Waals surface area contributed by atoms with Gasteiger partial charge >= 0.3 is 0 Å². The number of halogens is 3. The first-order chi connectivity index (χ1) is 19.6. The monoisotopic (exact) mass is 557 g/mol. The van der Waals surface area contributed by atoms with Gasteiger partial charge in [-0.25, -0.2) is 18.2 Å². The molecule has 41 heavy (non-hydrogen) atoms. The lowest BCUT2D eigenvalue weighted by molar-refractivity contribution is -0.130. The first-order valence-corrected chi connectivity index (χ1v) is 12.8. The number of aromatic nitrogens is 1. The Balaban J connectivity index is 1.43. The number of carbonyl (C=O) groups excluding carboxylic acids is 2. The van der Waals surface area contributed by atoms with Crippen molar-refractivity contribution in [2.45, 2.75) is 25.0 Å². The summed E-state index contributed by atoms with van der Waals surface area (Å²) in [6.45, 7) is 1.77. The number of nitrogens with two attached hydrogens (primary N) is 1. The Hall–Kier alpha value is -4.99. The third kappa shape index (κ3) is 5.16. The minimum absolute atomic E-state index is 0.0519. The number of carbonyl (C=O) groups is 2. The quantitative estimate of drug-likeness (QED) is 0.349. The van der Waals surface area contributed by atoms with Crippen LogP contribution >= 0.6 is 0 Å².